The van der Waals surface area contributed by atoms with E-state index >= 15 is 0 Å². The molecule has 0 aliphatic heterocycles. The second-order valence-corrected chi connectivity index (χ2v) is 8.26. The number of rotatable bonds is 3. The van der Waals surface area contributed by atoms with E-state index in [9.17, 15) is 23.6 Å². The third kappa shape index (κ3) is 3.96. The van der Waals surface area contributed by atoms with Crippen molar-refractivity contribution in [1.29, 1.82) is 5.26 Å². The van der Waals surface area contributed by atoms with Crippen LogP contribution in [-0.2, 0) is 4.79 Å². The van der Waals surface area contributed by atoms with E-state index in [0.717, 1.165) is 28.0 Å². The lowest BCUT2D eigenvalue weighted by molar-refractivity contribution is -0.120. The number of benzene rings is 1. The Labute approximate surface area is 168 Å². The van der Waals surface area contributed by atoms with E-state index in [-0.39, 0.29) is 20.5 Å². The second kappa shape index (κ2) is 7.60. The van der Waals surface area contributed by atoms with Gasteiger partial charge in [-0.05, 0) is 24.3 Å². The van der Waals surface area contributed by atoms with Crippen LogP contribution in [0.2, 0.25) is 0 Å². The molecular formula is C21H16F2N2O3S. The van der Waals surface area contributed by atoms with Crippen molar-refractivity contribution in [3.05, 3.63) is 73.5 Å². The topological polar surface area (TPSA) is 76.0 Å². The fourth-order valence-corrected chi connectivity index (χ4v) is 3.68. The molecule has 1 aromatic carbocycles. The van der Waals surface area contributed by atoms with Crippen molar-refractivity contribution in [2.75, 3.05) is 0 Å². The summed E-state index contributed by atoms with van der Waals surface area (Å²) in [5.74, 6) is -1.92. The highest BCUT2D eigenvalue weighted by Crippen LogP contribution is 2.20. The van der Waals surface area contributed by atoms with Gasteiger partial charge in [0.05, 0.1) is 16.5 Å². The summed E-state index contributed by atoms with van der Waals surface area (Å²) in [6.07, 6.45) is 2.86. The molecule has 3 rings (SSSR count). The van der Waals surface area contributed by atoms with E-state index < -0.39 is 28.4 Å². The SMILES string of the molecule is CC(C)(C)C(=O)/C(C#N)=c1\s/c(=C\c2ccco2)c(=O)n1-c1ccc(F)cc1F. The zero-order chi connectivity index (χ0) is 21.3. The minimum Gasteiger partial charge on any atom is -0.465 e. The Bertz CT molecular complexity index is 1300. The smallest absolute Gasteiger partial charge is 0.273 e. The highest BCUT2D eigenvalue weighted by atomic mass is 32.1. The highest BCUT2D eigenvalue weighted by Gasteiger charge is 2.28. The molecule has 0 atom stereocenters. The van der Waals surface area contributed by atoms with Crippen molar-refractivity contribution < 1.29 is 18.0 Å². The van der Waals surface area contributed by atoms with Crippen molar-refractivity contribution >= 4 is 28.8 Å². The Morgan fingerprint density at radius 2 is 2.00 bits per heavy atom. The van der Waals surface area contributed by atoms with E-state index in [2.05, 4.69) is 0 Å². The van der Waals surface area contributed by atoms with Crippen LogP contribution in [0.1, 0.15) is 26.5 Å². The van der Waals surface area contributed by atoms with Crippen molar-refractivity contribution in [2.45, 2.75) is 20.8 Å². The first-order chi connectivity index (χ1) is 13.6. The zero-order valence-electron chi connectivity index (χ0n) is 15.8. The summed E-state index contributed by atoms with van der Waals surface area (Å²) < 4.78 is 34.1. The number of ketones is 1. The van der Waals surface area contributed by atoms with Crippen LogP contribution in [0.5, 0.6) is 0 Å². The molecule has 0 aliphatic rings. The first-order valence-corrected chi connectivity index (χ1v) is 9.37. The largest absolute Gasteiger partial charge is 0.465 e. The number of nitriles is 1. The molecule has 0 amide bonds. The Morgan fingerprint density at radius 3 is 2.55 bits per heavy atom. The number of carbonyl (C=O) groups is 1. The quantitative estimate of drug-likeness (QED) is 0.661. The fourth-order valence-electron chi connectivity index (χ4n) is 2.60. The molecule has 3 aromatic rings. The van der Waals surface area contributed by atoms with Gasteiger partial charge in [-0.25, -0.2) is 8.78 Å². The lowest BCUT2D eigenvalue weighted by Crippen LogP contribution is -2.33. The number of hydrogen-bond acceptors (Lipinski definition) is 5. The number of aromatic nitrogens is 1. The first kappa shape index (κ1) is 20.4. The van der Waals surface area contributed by atoms with Gasteiger partial charge in [-0.15, -0.1) is 11.3 Å². The van der Waals surface area contributed by atoms with Crippen molar-refractivity contribution in [1.82, 2.24) is 4.57 Å². The molecule has 148 valence electrons. The molecule has 0 unspecified atom stereocenters. The van der Waals surface area contributed by atoms with E-state index in [1.54, 1.807) is 32.9 Å². The minimum atomic E-state index is -0.990. The first-order valence-electron chi connectivity index (χ1n) is 8.55. The van der Waals surface area contributed by atoms with Crippen LogP contribution in [0, 0.1) is 28.4 Å². The molecule has 0 bridgehead atoms. The zero-order valence-corrected chi connectivity index (χ0v) is 16.6. The van der Waals surface area contributed by atoms with Crippen LogP contribution < -0.4 is 14.8 Å². The second-order valence-electron chi connectivity index (χ2n) is 7.23. The standard InChI is InChI=1S/C21H16F2N2O3S/c1-21(2,3)18(26)14(11-24)20-25(16-7-6-12(22)9-15(16)23)19(27)17(29-20)10-13-5-4-8-28-13/h4-10H,1-3H3/b17-10-,20-14-. The number of Topliss-reactive ketones (excluding diaryl/α,β-unsaturated/α-hetero) is 1. The molecular weight excluding hydrogens is 398 g/mol. The van der Waals surface area contributed by atoms with Gasteiger partial charge in [0.15, 0.2) is 5.78 Å². The molecule has 0 aliphatic carbocycles. The van der Waals surface area contributed by atoms with Crippen LogP contribution in [0.3, 0.4) is 0 Å². The predicted octanol–water partition coefficient (Wildman–Crippen LogP) is 2.89. The molecule has 8 heteroatoms. The number of furan rings is 1. The molecule has 2 aromatic heterocycles. The predicted molar refractivity (Wildman–Crippen MR) is 105 cm³/mol. The number of nitrogens with zero attached hydrogens (tertiary/aromatic N) is 2. The Morgan fingerprint density at radius 1 is 1.28 bits per heavy atom. The van der Waals surface area contributed by atoms with Gasteiger partial charge in [0, 0.05) is 17.6 Å². The van der Waals surface area contributed by atoms with Crippen LogP contribution >= 0.6 is 11.3 Å². The van der Waals surface area contributed by atoms with Gasteiger partial charge in [0.2, 0.25) is 0 Å². The molecule has 2 heterocycles. The maximum absolute atomic E-state index is 14.5. The third-order valence-electron chi connectivity index (χ3n) is 4.02. The lowest BCUT2D eigenvalue weighted by Gasteiger charge is -2.15. The van der Waals surface area contributed by atoms with E-state index in [1.807, 2.05) is 6.07 Å². The molecule has 0 radical (unpaired) electrons. The average molecular weight is 414 g/mol. The molecule has 0 spiro atoms. The maximum atomic E-state index is 14.5. The van der Waals surface area contributed by atoms with Crippen LogP contribution in [0.15, 0.2) is 45.8 Å². The number of carbonyl (C=O) groups excluding carboxylic acids is 1. The van der Waals surface area contributed by atoms with E-state index in [4.69, 9.17) is 4.42 Å². The third-order valence-corrected chi connectivity index (χ3v) is 5.12. The van der Waals surface area contributed by atoms with Crippen molar-refractivity contribution in [3.63, 3.8) is 0 Å². The minimum absolute atomic E-state index is 0.0271. The molecule has 0 saturated carbocycles. The number of thiazole rings is 1. The fraction of sp³-hybridized carbons (Fsp3) is 0.190. The summed E-state index contributed by atoms with van der Waals surface area (Å²) >= 11 is 0.863. The van der Waals surface area contributed by atoms with Gasteiger partial charge < -0.3 is 4.42 Å². The van der Waals surface area contributed by atoms with Gasteiger partial charge in [0.25, 0.3) is 5.56 Å². The van der Waals surface area contributed by atoms with Gasteiger partial charge in [-0.1, -0.05) is 20.8 Å². The molecule has 29 heavy (non-hydrogen) atoms. The Balaban J connectivity index is 2.48. The normalized spacial score (nSPS) is 13.3. The summed E-state index contributed by atoms with van der Waals surface area (Å²) in [7, 11) is 0. The number of halogens is 2. The average Bonchev–Trinajstić information content (AvgIpc) is 3.25. The van der Waals surface area contributed by atoms with Gasteiger partial charge in [-0.3, -0.25) is 14.2 Å². The lowest BCUT2D eigenvalue weighted by atomic mass is 9.87. The Kier molecular flexibility index (Phi) is 5.36. The van der Waals surface area contributed by atoms with Crippen LogP contribution in [0.25, 0.3) is 17.3 Å². The number of hydrogen-bond donors (Lipinski definition) is 0. The Hall–Kier alpha value is -3.31. The van der Waals surface area contributed by atoms with Crippen LogP contribution in [-0.4, -0.2) is 10.4 Å². The molecule has 0 saturated heterocycles. The molecule has 0 N–H and O–H groups in total. The molecule has 0 fully saturated rings. The maximum Gasteiger partial charge on any atom is 0.273 e. The van der Waals surface area contributed by atoms with Crippen molar-refractivity contribution in [3.8, 4) is 11.8 Å². The summed E-state index contributed by atoms with van der Waals surface area (Å²) in [5, 5.41) is 9.66. The summed E-state index contributed by atoms with van der Waals surface area (Å²) in [5.41, 5.74) is -2.08. The van der Waals surface area contributed by atoms with Gasteiger partial charge in [0.1, 0.15) is 33.7 Å². The van der Waals surface area contributed by atoms with Gasteiger partial charge >= 0.3 is 0 Å². The van der Waals surface area contributed by atoms with E-state index in [0.29, 0.717) is 11.8 Å². The summed E-state index contributed by atoms with van der Waals surface area (Å²) in [4.78, 5) is 25.9. The van der Waals surface area contributed by atoms with Gasteiger partial charge in [-0.2, -0.15) is 5.26 Å². The highest BCUT2D eigenvalue weighted by molar-refractivity contribution is 7.07. The summed E-state index contributed by atoms with van der Waals surface area (Å²) in [6.45, 7) is 4.91. The van der Waals surface area contributed by atoms with Crippen molar-refractivity contribution in [2.24, 2.45) is 5.41 Å². The molecule has 5 nitrogen and oxygen atoms in total. The van der Waals surface area contributed by atoms with E-state index in [1.165, 1.54) is 12.3 Å². The summed E-state index contributed by atoms with van der Waals surface area (Å²) in [6, 6.07) is 7.83. The van der Waals surface area contributed by atoms with Crippen LogP contribution in [0.4, 0.5) is 8.78 Å². The monoisotopic (exact) mass is 414 g/mol.